The van der Waals surface area contributed by atoms with Crippen LogP contribution in [0.25, 0.3) is 0 Å². The Labute approximate surface area is 274 Å². The van der Waals surface area contributed by atoms with Crippen LogP contribution in [-0.2, 0) is 0 Å². The molecule has 0 aromatic rings. The fourth-order valence-corrected chi connectivity index (χ4v) is 8.60. The van der Waals surface area contributed by atoms with Gasteiger partial charge in [-0.05, 0) is 188 Å². The number of nitrogens with one attached hydrogen (secondary N) is 2. The SMILES string of the molecule is CC(C)N1CCC2(CC1)CNC2.CC(C)N1CCC2(CCNC2)CC1.CC(C)N1CCC2CC2C1.CC(C)N1CCCCC1. The van der Waals surface area contributed by atoms with Gasteiger partial charge in [0.2, 0.25) is 0 Å². The number of hydrogen-bond acceptors (Lipinski definition) is 6. The van der Waals surface area contributed by atoms with E-state index in [1.54, 1.807) is 0 Å². The Morgan fingerprint density at radius 1 is 0.477 bits per heavy atom. The van der Waals surface area contributed by atoms with Gasteiger partial charge in [0.25, 0.3) is 0 Å². The molecule has 0 aromatic heterocycles. The highest BCUT2D eigenvalue weighted by Crippen LogP contribution is 2.45. The minimum Gasteiger partial charge on any atom is -0.316 e. The molecule has 7 fully saturated rings. The van der Waals surface area contributed by atoms with Crippen LogP contribution >= 0.6 is 0 Å². The van der Waals surface area contributed by atoms with E-state index < -0.39 is 0 Å². The first kappa shape index (κ1) is 36.6. The summed E-state index contributed by atoms with van der Waals surface area (Å²) in [6, 6.07) is 3.04. The maximum atomic E-state index is 3.51. The van der Waals surface area contributed by atoms with E-state index in [0.29, 0.717) is 10.8 Å². The van der Waals surface area contributed by atoms with E-state index >= 15 is 0 Å². The Hall–Kier alpha value is -0.240. The van der Waals surface area contributed by atoms with Crippen molar-refractivity contribution in [2.75, 3.05) is 78.5 Å². The number of nitrogens with zero attached hydrogens (tertiary/aromatic N) is 4. The van der Waals surface area contributed by atoms with Gasteiger partial charge in [-0.15, -0.1) is 0 Å². The Morgan fingerprint density at radius 3 is 1.34 bits per heavy atom. The molecule has 2 atom stereocenters. The molecule has 0 radical (unpaired) electrons. The van der Waals surface area contributed by atoms with Crippen molar-refractivity contribution >= 4 is 0 Å². The van der Waals surface area contributed by atoms with Crippen molar-refractivity contribution in [3.8, 4) is 0 Å². The minimum atomic E-state index is 0.686. The number of hydrogen-bond donors (Lipinski definition) is 2. The molecule has 2 spiro atoms. The molecule has 2 N–H and O–H groups in total. The lowest BCUT2D eigenvalue weighted by Crippen LogP contribution is -2.58. The van der Waals surface area contributed by atoms with Crippen molar-refractivity contribution < 1.29 is 0 Å². The third kappa shape index (κ3) is 10.9. The summed E-state index contributed by atoms with van der Waals surface area (Å²) in [6.07, 6.45) is 14.4. The second-order valence-electron chi connectivity index (χ2n) is 17.1. The highest BCUT2D eigenvalue weighted by molar-refractivity contribution is 4.96. The van der Waals surface area contributed by atoms with Crippen LogP contribution in [0.15, 0.2) is 0 Å². The predicted molar refractivity (Wildman–Crippen MR) is 191 cm³/mol. The van der Waals surface area contributed by atoms with Gasteiger partial charge in [-0.3, -0.25) is 0 Å². The topological polar surface area (TPSA) is 37.0 Å². The molecule has 0 bridgehead atoms. The maximum Gasteiger partial charge on any atom is 0.00387 e. The fraction of sp³-hybridized carbons (Fsp3) is 1.00. The number of fused-ring (bicyclic) bond motifs is 1. The second-order valence-corrected chi connectivity index (χ2v) is 17.1. The van der Waals surface area contributed by atoms with Crippen LogP contribution in [0.1, 0.15) is 120 Å². The Bertz CT molecular complexity index is 775. The van der Waals surface area contributed by atoms with Gasteiger partial charge in [-0.1, -0.05) is 6.42 Å². The molecule has 6 nitrogen and oxygen atoms in total. The molecule has 7 rings (SSSR count). The van der Waals surface area contributed by atoms with Crippen LogP contribution in [0.2, 0.25) is 0 Å². The molecule has 44 heavy (non-hydrogen) atoms. The lowest BCUT2D eigenvalue weighted by atomic mass is 9.73. The Balaban J connectivity index is 0.000000135. The van der Waals surface area contributed by atoms with Crippen molar-refractivity contribution in [2.45, 2.75) is 144 Å². The number of piperidine rings is 4. The second kappa shape index (κ2) is 17.2. The monoisotopic (exact) mass is 617 g/mol. The largest absolute Gasteiger partial charge is 0.316 e. The molecule has 7 aliphatic rings. The average molecular weight is 617 g/mol. The smallest absolute Gasteiger partial charge is 0.00387 e. The zero-order chi connectivity index (χ0) is 31.7. The first-order valence-corrected chi connectivity index (χ1v) is 19.4. The molecule has 6 aliphatic heterocycles. The molecule has 0 amide bonds. The average Bonchev–Trinajstić information content (AvgIpc) is 3.66. The molecular formula is C38H76N6. The van der Waals surface area contributed by atoms with Gasteiger partial charge < -0.3 is 30.2 Å². The minimum absolute atomic E-state index is 0.686. The zero-order valence-electron chi connectivity index (χ0n) is 30.8. The van der Waals surface area contributed by atoms with E-state index in [4.69, 9.17) is 0 Å². The normalized spacial score (nSPS) is 30.3. The summed E-state index contributed by atoms with van der Waals surface area (Å²) in [7, 11) is 0. The standard InChI is InChI=1S/C11H22N2.C10H20N2.C9H17N.C8H17N/c1-10(2)13-7-4-11(5-8-13)3-6-12-9-11;1-9(2)12-5-3-10(4-6-12)7-11-8-10;1-7(2)10-4-3-8-5-9(8)6-10;1-8(2)9-6-4-3-5-7-9/h10,12H,3-9H2,1-2H3;9,11H,3-8H2,1-2H3;7-9H,3-6H2,1-2H3;8H,3-7H2,1-2H3. The third-order valence-electron chi connectivity index (χ3n) is 12.7. The van der Waals surface area contributed by atoms with Gasteiger partial charge in [0, 0.05) is 50.3 Å². The highest BCUT2D eigenvalue weighted by Gasteiger charge is 2.42. The van der Waals surface area contributed by atoms with Gasteiger partial charge in [0.05, 0.1) is 0 Å². The summed E-state index contributed by atoms with van der Waals surface area (Å²) in [5, 5.41) is 6.91. The molecule has 6 heterocycles. The Kier molecular flexibility index (Phi) is 14.3. The van der Waals surface area contributed by atoms with Crippen LogP contribution in [0.5, 0.6) is 0 Å². The van der Waals surface area contributed by atoms with E-state index in [1.807, 2.05) is 0 Å². The summed E-state index contributed by atoms with van der Waals surface area (Å²) < 4.78 is 0. The first-order chi connectivity index (χ1) is 21.0. The Morgan fingerprint density at radius 2 is 0.955 bits per heavy atom. The van der Waals surface area contributed by atoms with Gasteiger partial charge >= 0.3 is 0 Å². The van der Waals surface area contributed by atoms with Crippen molar-refractivity contribution in [1.29, 1.82) is 0 Å². The van der Waals surface area contributed by atoms with Gasteiger partial charge in [-0.2, -0.15) is 0 Å². The van der Waals surface area contributed by atoms with E-state index in [2.05, 4.69) is 85.6 Å². The molecule has 1 saturated carbocycles. The summed E-state index contributed by atoms with van der Waals surface area (Å²) in [6.45, 7) is 34.2. The van der Waals surface area contributed by atoms with Crippen LogP contribution in [0.4, 0.5) is 0 Å². The predicted octanol–water partition coefficient (Wildman–Crippen LogP) is 6.17. The quantitative estimate of drug-likeness (QED) is 0.394. The lowest BCUT2D eigenvalue weighted by Gasteiger charge is -2.49. The fourth-order valence-electron chi connectivity index (χ4n) is 8.60. The molecule has 6 saturated heterocycles. The number of likely N-dealkylation sites (tertiary alicyclic amines) is 4. The van der Waals surface area contributed by atoms with Crippen LogP contribution in [0.3, 0.4) is 0 Å². The van der Waals surface area contributed by atoms with Gasteiger partial charge in [0.1, 0.15) is 0 Å². The highest BCUT2D eigenvalue weighted by atomic mass is 15.2. The lowest BCUT2D eigenvalue weighted by molar-refractivity contribution is 0.0418. The molecule has 258 valence electrons. The summed E-state index contributed by atoms with van der Waals surface area (Å²) >= 11 is 0. The number of rotatable bonds is 4. The van der Waals surface area contributed by atoms with E-state index in [9.17, 15) is 0 Å². The van der Waals surface area contributed by atoms with Crippen LogP contribution < -0.4 is 10.6 Å². The summed E-state index contributed by atoms with van der Waals surface area (Å²) in [5.74, 6) is 2.23. The van der Waals surface area contributed by atoms with E-state index in [0.717, 1.165) is 36.0 Å². The first-order valence-electron chi connectivity index (χ1n) is 19.4. The zero-order valence-corrected chi connectivity index (χ0v) is 30.8. The molecule has 6 heteroatoms. The van der Waals surface area contributed by atoms with Crippen molar-refractivity contribution in [1.82, 2.24) is 30.2 Å². The van der Waals surface area contributed by atoms with Crippen molar-refractivity contribution in [2.24, 2.45) is 22.7 Å². The van der Waals surface area contributed by atoms with Crippen LogP contribution in [-0.4, -0.2) is 122 Å². The van der Waals surface area contributed by atoms with Crippen molar-refractivity contribution in [3.05, 3.63) is 0 Å². The van der Waals surface area contributed by atoms with E-state index in [-0.39, 0.29) is 0 Å². The maximum absolute atomic E-state index is 3.51. The van der Waals surface area contributed by atoms with Crippen molar-refractivity contribution in [3.63, 3.8) is 0 Å². The van der Waals surface area contributed by atoms with E-state index in [1.165, 1.54) is 143 Å². The third-order valence-corrected chi connectivity index (χ3v) is 12.7. The van der Waals surface area contributed by atoms with Crippen LogP contribution in [0, 0.1) is 22.7 Å². The molecular weight excluding hydrogens is 540 g/mol. The van der Waals surface area contributed by atoms with Gasteiger partial charge in [0.15, 0.2) is 0 Å². The summed E-state index contributed by atoms with van der Waals surface area (Å²) in [5.41, 5.74) is 1.40. The molecule has 1 aliphatic carbocycles. The van der Waals surface area contributed by atoms with Gasteiger partial charge in [-0.25, -0.2) is 0 Å². The molecule has 2 unspecified atom stereocenters. The molecule has 0 aromatic carbocycles. The summed E-state index contributed by atoms with van der Waals surface area (Å²) in [4.78, 5) is 10.4.